The summed E-state index contributed by atoms with van der Waals surface area (Å²) in [5.74, 6) is 0.0227. The molecule has 0 aliphatic carbocycles. The lowest BCUT2D eigenvalue weighted by Crippen LogP contribution is -2.39. The minimum Gasteiger partial charge on any atom is -0.492 e. The van der Waals surface area contributed by atoms with E-state index in [0.717, 1.165) is 49.5 Å². The molecule has 0 radical (unpaired) electrons. The number of para-hydroxylation sites is 1. The fourth-order valence-electron chi connectivity index (χ4n) is 3.64. The Morgan fingerprint density at radius 2 is 2.06 bits per heavy atom. The molecule has 0 saturated carbocycles. The van der Waals surface area contributed by atoms with Crippen LogP contribution >= 0.6 is 11.3 Å². The van der Waals surface area contributed by atoms with Crippen LogP contribution in [0, 0.1) is 5.82 Å². The van der Waals surface area contributed by atoms with Crippen molar-refractivity contribution < 1.29 is 18.7 Å². The summed E-state index contributed by atoms with van der Waals surface area (Å²) < 4.78 is 25.8. The van der Waals surface area contributed by atoms with Gasteiger partial charge in [0.15, 0.2) is 5.13 Å². The zero-order valence-corrected chi connectivity index (χ0v) is 18.4. The summed E-state index contributed by atoms with van der Waals surface area (Å²) in [6.07, 6.45) is 0.787. The second kappa shape index (κ2) is 10.2. The molecular weight excluding hydrogens is 417 g/mol. The van der Waals surface area contributed by atoms with Gasteiger partial charge < -0.3 is 9.47 Å². The van der Waals surface area contributed by atoms with Crippen molar-refractivity contribution in [2.75, 3.05) is 50.9 Å². The second-order valence-corrected chi connectivity index (χ2v) is 8.32. The van der Waals surface area contributed by atoms with Crippen molar-refractivity contribution in [1.82, 2.24) is 9.88 Å². The topological polar surface area (TPSA) is 54.9 Å². The first-order valence-corrected chi connectivity index (χ1v) is 11.4. The van der Waals surface area contributed by atoms with Gasteiger partial charge in [-0.2, -0.15) is 0 Å². The lowest BCUT2D eigenvalue weighted by atomic mass is 10.2. The SMILES string of the molecule is CCOc1cccc2sc(N(CCCN3CCOCC3)C(=O)c3cccc(F)c3)nc12. The Labute approximate surface area is 185 Å². The van der Waals surface area contributed by atoms with Gasteiger partial charge in [0, 0.05) is 31.7 Å². The van der Waals surface area contributed by atoms with Gasteiger partial charge in [0.2, 0.25) is 0 Å². The maximum atomic E-state index is 13.8. The average molecular weight is 444 g/mol. The number of carbonyl (C=O) groups excluding carboxylic acids is 1. The molecule has 6 nitrogen and oxygen atoms in total. The molecule has 0 atom stereocenters. The second-order valence-electron chi connectivity index (χ2n) is 7.31. The molecule has 1 amide bonds. The van der Waals surface area contributed by atoms with E-state index in [2.05, 4.69) is 4.90 Å². The maximum Gasteiger partial charge on any atom is 0.260 e. The molecule has 0 unspecified atom stereocenters. The zero-order valence-electron chi connectivity index (χ0n) is 17.6. The molecule has 4 rings (SSSR count). The Kier molecular flexibility index (Phi) is 7.11. The average Bonchev–Trinajstić information content (AvgIpc) is 3.22. The van der Waals surface area contributed by atoms with Gasteiger partial charge in [0.25, 0.3) is 5.91 Å². The van der Waals surface area contributed by atoms with Crippen LogP contribution in [0.25, 0.3) is 10.2 Å². The van der Waals surface area contributed by atoms with Gasteiger partial charge in [-0.1, -0.05) is 23.5 Å². The van der Waals surface area contributed by atoms with Crippen molar-refractivity contribution in [3.63, 3.8) is 0 Å². The van der Waals surface area contributed by atoms with Gasteiger partial charge in [0.1, 0.15) is 17.1 Å². The van der Waals surface area contributed by atoms with E-state index in [4.69, 9.17) is 14.5 Å². The molecule has 0 bridgehead atoms. The van der Waals surface area contributed by atoms with Crippen LogP contribution in [0.1, 0.15) is 23.7 Å². The Balaban J connectivity index is 1.60. The Hall–Kier alpha value is -2.55. The molecular formula is C23H26FN3O3S. The number of ether oxygens (including phenoxy) is 2. The van der Waals surface area contributed by atoms with E-state index in [1.165, 1.54) is 23.5 Å². The summed E-state index contributed by atoms with van der Waals surface area (Å²) in [6.45, 7) is 7.11. The Bertz CT molecular complexity index is 1040. The molecule has 2 aromatic carbocycles. The van der Waals surface area contributed by atoms with Crippen LogP contribution in [0.5, 0.6) is 5.75 Å². The van der Waals surface area contributed by atoms with E-state index in [-0.39, 0.29) is 5.91 Å². The first-order chi connectivity index (χ1) is 15.2. The molecule has 3 aromatic rings. The maximum absolute atomic E-state index is 13.8. The number of hydrogen-bond donors (Lipinski definition) is 0. The normalized spacial score (nSPS) is 14.6. The number of nitrogens with zero attached hydrogens (tertiary/aromatic N) is 3. The summed E-state index contributed by atoms with van der Waals surface area (Å²) in [5.41, 5.74) is 1.06. The Morgan fingerprint density at radius 1 is 1.26 bits per heavy atom. The highest BCUT2D eigenvalue weighted by Gasteiger charge is 2.23. The number of hydrogen-bond acceptors (Lipinski definition) is 6. The lowest BCUT2D eigenvalue weighted by Gasteiger charge is -2.27. The molecule has 1 aliphatic rings. The number of thiazole rings is 1. The summed E-state index contributed by atoms with van der Waals surface area (Å²) in [6, 6.07) is 11.6. The van der Waals surface area contributed by atoms with Crippen LogP contribution in [0.15, 0.2) is 42.5 Å². The number of rotatable bonds is 8. The number of aromatic nitrogens is 1. The van der Waals surface area contributed by atoms with Gasteiger partial charge in [0.05, 0.1) is 24.5 Å². The largest absolute Gasteiger partial charge is 0.492 e. The molecule has 0 N–H and O–H groups in total. The Morgan fingerprint density at radius 3 is 2.84 bits per heavy atom. The molecule has 8 heteroatoms. The molecule has 2 heterocycles. The minimum absolute atomic E-state index is 0.251. The summed E-state index contributed by atoms with van der Waals surface area (Å²) in [5, 5.41) is 0.596. The zero-order chi connectivity index (χ0) is 21.6. The number of fused-ring (bicyclic) bond motifs is 1. The number of carbonyl (C=O) groups is 1. The van der Waals surface area contributed by atoms with Gasteiger partial charge in [-0.25, -0.2) is 9.37 Å². The van der Waals surface area contributed by atoms with Crippen LogP contribution in [0.3, 0.4) is 0 Å². The van der Waals surface area contributed by atoms with Crippen molar-refractivity contribution in [3.8, 4) is 5.75 Å². The molecule has 164 valence electrons. The number of amides is 1. The smallest absolute Gasteiger partial charge is 0.260 e. The number of halogens is 1. The van der Waals surface area contributed by atoms with Gasteiger partial charge >= 0.3 is 0 Å². The summed E-state index contributed by atoms with van der Waals surface area (Å²) in [7, 11) is 0. The van der Waals surface area contributed by atoms with E-state index >= 15 is 0 Å². The molecule has 31 heavy (non-hydrogen) atoms. The van der Waals surface area contributed by atoms with Gasteiger partial charge in [-0.15, -0.1) is 0 Å². The first kappa shape index (κ1) is 21.7. The van der Waals surface area contributed by atoms with Crippen molar-refractivity contribution in [1.29, 1.82) is 0 Å². The summed E-state index contributed by atoms with van der Waals surface area (Å²) >= 11 is 1.45. The van der Waals surface area contributed by atoms with Gasteiger partial charge in [-0.3, -0.25) is 14.6 Å². The van der Waals surface area contributed by atoms with Crippen molar-refractivity contribution in [2.45, 2.75) is 13.3 Å². The lowest BCUT2D eigenvalue weighted by molar-refractivity contribution is 0.0376. The number of benzene rings is 2. The van der Waals surface area contributed by atoms with Crippen LogP contribution in [0.4, 0.5) is 9.52 Å². The highest BCUT2D eigenvalue weighted by atomic mass is 32.1. The van der Waals surface area contributed by atoms with Crippen LogP contribution in [-0.4, -0.2) is 61.8 Å². The predicted molar refractivity (Wildman–Crippen MR) is 121 cm³/mol. The van der Waals surface area contributed by atoms with Crippen molar-refractivity contribution >= 4 is 32.6 Å². The van der Waals surface area contributed by atoms with E-state index in [1.807, 2.05) is 25.1 Å². The molecule has 1 aliphatic heterocycles. The molecule has 0 spiro atoms. The highest BCUT2D eigenvalue weighted by molar-refractivity contribution is 7.22. The quantitative estimate of drug-likeness (QED) is 0.522. The van der Waals surface area contributed by atoms with Crippen LogP contribution in [-0.2, 0) is 4.74 Å². The fourth-order valence-corrected chi connectivity index (χ4v) is 4.65. The van der Waals surface area contributed by atoms with Crippen molar-refractivity contribution in [3.05, 3.63) is 53.8 Å². The standard InChI is InChI=1S/C23H26FN3O3S/c1-2-30-19-8-4-9-20-21(19)25-23(31-20)27(11-5-10-26-12-14-29-15-13-26)22(28)17-6-3-7-18(24)16-17/h3-4,6-9,16H,2,5,10-15H2,1H3. The third-order valence-electron chi connectivity index (χ3n) is 5.18. The van der Waals surface area contributed by atoms with E-state index < -0.39 is 5.82 Å². The summed E-state index contributed by atoms with van der Waals surface area (Å²) in [4.78, 5) is 22.1. The number of anilines is 1. The third kappa shape index (κ3) is 5.20. The number of morpholine rings is 1. The predicted octanol–water partition coefficient (Wildman–Crippen LogP) is 4.20. The van der Waals surface area contributed by atoms with Crippen LogP contribution < -0.4 is 9.64 Å². The minimum atomic E-state index is -0.429. The van der Waals surface area contributed by atoms with Crippen molar-refractivity contribution in [2.24, 2.45) is 0 Å². The third-order valence-corrected chi connectivity index (χ3v) is 6.22. The van der Waals surface area contributed by atoms with Crippen LogP contribution in [0.2, 0.25) is 0 Å². The molecule has 1 aromatic heterocycles. The van der Waals surface area contributed by atoms with E-state index in [0.29, 0.717) is 29.6 Å². The fraction of sp³-hybridized carbons (Fsp3) is 0.391. The molecule has 1 fully saturated rings. The first-order valence-electron chi connectivity index (χ1n) is 10.6. The highest BCUT2D eigenvalue weighted by Crippen LogP contribution is 2.35. The monoisotopic (exact) mass is 443 g/mol. The molecule has 1 saturated heterocycles. The van der Waals surface area contributed by atoms with Gasteiger partial charge in [-0.05, 0) is 43.7 Å². The van der Waals surface area contributed by atoms with E-state index in [9.17, 15) is 9.18 Å². The van der Waals surface area contributed by atoms with E-state index in [1.54, 1.807) is 17.0 Å².